The first kappa shape index (κ1) is 12.2. The van der Waals surface area contributed by atoms with Crippen molar-refractivity contribution < 1.29 is 0 Å². The third-order valence-electron chi connectivity index (χ3n) is 4.83. The lowest BCUT2D eigenvalue weighted by molar-refractivity contribution is 0.277. The molecule has 3 rings (SSSR count). The molecule has 98 valence electrons. The van der Waals surface area contributed by atoms with Crippen LogP contribution in [-0.4, -0.2) is 12.1 Å². The molecule has 1 heteroatoms. The topological polar surface area (TPSA) is 12.0 Å². The van der Waals surface area contributed by atoms with Gasteiger partial charge in [0.2, 0.25) is 0 Å². The van der Waals surface area contributed by atoms with E-state index in [1.54, 1.807) is 0 Å². The maximum atomic E-state index is 3.91. The minimum Gasteiger partial charge on any atom is -0.311 e. The maximum absolute atomic E-state index is 3.91. The monoisotopic (exact) mass is 243 g/mol. The molecule has 4 unspecified atom stereocenters. The highest BCUT2D eigenvalue weighted by molar-refractivity contribution is 5.27. The van der Waals surface area contributed by atoms with E-state index in [1.807, 2.05) is 0 Å². The molecule has 18 heavy (non-hydrogen) atoms. The lowest BCUT2D eigenvalue weighted by Gasteiger charge is -2.29. The second-order valence-electron chi connectivity index (χ2n) is 6.16. The summed E-state index contributed by atoms with van der Waals surface area (Å²) in [6.45, 7) is 2.34. The molecule has 0 aromatic heterocycles. The first-order chi connectivity index (χ1) is 8.86. The summed E-state index contributed by atoms with van der Waals surface area (Å²) in [5.41, 5.74) is 1.53. The van der Waals surface area contributed by atoms with E-state index in [1.165, 1.54) is 44.1 Å². The molecule has 1 aromatic rings. The zero-order valence-corrected chi connectivity index (χ0v) is 11.4. The molecule has 1 N–H and O–H groups in total. The summed E-state index contributed by atoms with van der Waals surface area (Å²) < 4.78 is 0. The van der Waals surface area contributed by atoms with Crippen molar-refractivity contribution in [3.63, 3.8) is 0 Å². The van der Waals surface area contributed by atoms with E-state index in [9.17, 15) is 0 Å². The number of benzene rings is 1. The minimum absolute atomic E-state index is 0.757. The van der Waals surface area contributed by atoms with E-state index in [-0.39, 0.29) is 0 Å². The molecule has 1 aromatic carbocycles. The van der Waals surface area contributed by atoms with Gasteiger partial charge in [-0.25, -0.2) is 0 Å². The Kier molecular flexibility index (Phi) is 3.69. The van der Waals surface area contributed by atoms with Gasteiger partial charge in [-0.15, -0.1) is 0 Å². The molecule has 4 atom stereocenters. The van der Waals surface area contributed by atoms with Crippen molar-refractivity contribution in [2.75, 3.05) is 0 Å². The van der Waals surface area contributed by atoms with Gasteiger partial charge in [-0.1, -0.05) is 56.5 Å². The third-order valence-corrected chi connectivity index (χ3v) is 4.83. The van der Waals surface area contributed by atoms with E-state index in [4.69, 9.17) is 0 Å². The fourth-order valence-corrected chi connectivity index (χ4v) is 3.56. The minimum atomic E-state index is 0.757. The fourth-order valence-electron chi connectivity index (χ4n) is 3.56. The number of hydrogen-bond acceptors (Lipinski definition) is 1. The number of hydrogen-bond donors (Lipinski definition) is 1. The van der Waals surface area contributed by atoms with Gasteiger partial charge < -0.3 is 5.32 Å². The van der Waals surface area contributed by atoms with Crippen LogP contribution in [0.5, 0.6) is 0 Å². The van der Waals surface area contributed by atoms with E-state index < -0.39 is 0 Å². The summed E-state index contributed by atoms with van der Waals surface area (Å²) in [5.74, 6) is 1.76. The van der Waals surface area contributed by atoms with E-state index in [2.05, 4.69) is 42.6 Å². The van der Waals surface area contributed by atoms with Gasteiger partial charge >= 0.3 is 0 Å². The summed E-state index contributed by atoms with van der Waals surface area (Å²) >= 11 is 0. The summed E-state index contributed by atoms with van der Waals surface area (Å²) in [5, 5.41) is 3.91. The molecular weight excluding hydrogens is 218 g/mol. The number of nitrogens with one attached hydrogen (secondary N) is 1. The van der Waals surface area contributed by atoms with Crippen LogP contribution >= 0.6 is 0 Å². The van der Waals surface area contributed by atoms with Gasteiger partial charge in [0, 0.05) is 18.0 Å². The van der Waals surface area contributed by atoms with Crippen molar-refractivity contribution in [3.05, 3.63) is 35.9 Å². The lowest BCUT2D eigenvalue weighted by atomic mass is 9.84. The average Bonchev–Trinajstić information content (AvgIpc) is 3.19. The van der Waals surface area contributed by atoms with E-state index in [0.29, 0.717) is 0 Å². The quantitative estimate of drug-likeness (QED) is 0.839. The first-order valence-corrected chi connectivity index (χ1v) is 7.67. The van der Waals surface area contributed by atoms with Crippen molar-refractivity contribution in [1.82, 2.24) is 5.32 Å². The highest BCUT2D eigenvalue weighted by Crippen LogP contribution is 2.42. The van der Waals surface area contributed by atoms with E-state index >= 15 is 0 Å². The van der Waals surface area contributed by atoms with Gasteiger partial charge in [-0.05, 0) is 30.7 Å². The predicted octanol–water partition coefficient (Wildman–Crippen LogP) is 4.10. The summed E-state index contributed by atoms with van der Waals surface area (Å²) in [6.07, 6.45) is 8.41. The lowest BCUT2D eigenvalue weighted by Crippen LogP contribution is -2.36. The Morgan fingerprint density at radius 3 is 2.72 bits per heavy atom. The molecule has 0 amide bonds. The Labute approximate surface area is 111 Å². The maximum Gasteiger partial charge on any atom is 0.0145 e. The average molecular weight is 243 g/mol. The van der Waals surface area contributed by atoms with Crippen molar-refractivity contribution in [2.24, 2.45) is 5.92 Å². The SMILES string of the molecule is CCC1CCCC(NC2CC2c2ccccc2)C1. The Hall–Kier alpha value is -0.820. The summed E-state index contributed by atoms with van der Waals surface area (Å²) in [7, 11) is 0. The zero-order valence-electron chi connectivity index (χ0n) is 11.4. The highest BCUT2D eigenvalue weighted by atomic mass is 15.0. The number of rotatable bonds is 4. The Morgan fingerprint density at radius 2 is 1.94 bits per heavy atom. The Balaban J connectivity index is 1.50. The molecule has 1 nitrogen and oxygen atoms in total. The van der Waals surface area contributed by atoms with Crippen molar-refractivity contribution >= 4 is 0 Å². The normalized spacial score (nSPS) is 35.4. The van der Waals surface area contributed by atoms with Gasteiger partial charge in [0.05, 0.1) is 0 Å². The molecular formula is C17H25N. The fraction of sp³-hybridized carbons (Fsp3) is 0.647. The molecule has 2 aliphatic carbocycles. The molecule has 2 aliphatic rings. The van der Waals surface area contributed by atoms with Crippen LogP contribution in [0.2, 0.25) is 0 Å². The molecule has 0 aliphatic heterocycles. The predicted molar refractivity (Wildman–Crippen MR) is 76.8 cm³/mol. The standard InChI is InChI=1S/C17H25N/c1-2-13-7-6-10-15(11-13)18-17-12-16(17)14-8-4-3-5-9-14/h3-5,8-9,13,15-18H,2,6-7,10-12H2,1H3. The van der Waals surface area contributed by atoms with Crippen molar-refractivity contribution in [2.45, 2.75) is 63.5 Å². The second kappa shape index (κ2) is 5.44. The molecule has 2 saturated carbocycles. The van der Waals surface area contributed by atoms with Crippen molar-refractivity contribution in [3.8, 4) is 0 Å². The smallest absolute Gasteiger partial charge is 0.0145 e. The molecule has 0 bridgehead atoms. The van der Waals surface area contributed by atoms with Crippen LogP contribution in [0.4, 0.5) is 0 Å². The van der Waals surface area contributed by atoms with Crippen LogP contribution in [-0.2, 0) is 0 Å². The van der Waals surface area contributed by atoms with Crippen LogP contribution in [0.15, 0.2) is 30.3 Å². The van der Waals surface area contributed by atoms with Gasteiger partial charge in [0.25, 0.3) is 0 Å². The van der Waals surface area contributed by atoms with Gasteiger partial charge in [-0.3, -0.25) is 0 Å². The van der Waals surface area contributed by atoms with Crippen LogP contribution in [0, 0.1) is 5.92 Å². The van der Waals surface area contributed by atoms with Gasteiger partial charge in [-0.2, -0.15) is 0 Å². The Bertz CT molecular complexity index is 372. The molecule has 0 saturated heterocycles. The largest absolute Gasteiger partial charge is 0.311 e. The molecule has 0 radical (unpaired) electrons. The second-order valence-corrected chi connectivity index (χ2v) is 6.16. The van der Waals surface area contributed by atoms with E-state index in [0.717, 1.165) is 23.9 Å². The highest BCUT2D eigenvalue weighted by Gasteiger charge is 2.39. The first-order valence-electron chi connectivity index (χ1n) is 7.67. The van der Waals surface area contributed by atoms with Gasteiger partial charge in [0.15, 0.2) is 0 Å². The Morgan fingerprint density at radius 1 is 1.11 bits per heavy atom. The van der Waals surface area contributed by atoms with Gasteiger partial charge in [0.1, 0.15) is 0 Å². The van der Waals surface area contributed by atoms with Crippen molar-refractivity contribution in [1.29, 1.82) is 0 Å². The van der Waals surface area contributed by atoms with Crippen LogP contribution < -0.4 is 5.32 Å². The molecule has 0 spiro atoms. The summed E-state index contributed by atoms with van der Waals surface area (Å²) in [4.78, 5) is 0. The molecule has 0 heterocycles. The van der Waals surface area contributed by atoms with Crippen LogP contribution in [0.25, 0.3) is 0 Å². The molecule has 2 fully saturated rings. The van der Waals surface area contributed by atoms with Crippen LogP contribution in [0.1, 0.15) is 56.9 Å². The van der Waals surface area contributed by atoms with Crippen LogP contribution in [0.3, 0.4) is 0 Å². The summed E-state index contributed by atoms with van der Waals surface area (Å²) in [6, 6.07) is 12.6. The zero-order chi connectivity index (χ0) is 12.4. The third kappa shape index (κ3) is 2.77.